The van der Waals surface area contributed by atoms with Crippen LogP contribution in [0.1, 0.15) is 39.0 Å². The lowest BCUT2D eigenvalue weighted by molar-refractivity contribution is 0.325. The molecule has 0 aliphatic heterocycles. The Morgan fingerprint density at radius 2 is 2.00 bits per heavy atom. The van der Waals surface area contributed by atoms with E-state index in [9.17, 15) is 0 Å². The summed E-state index contributed by atoms with van der Waals surface area (Å²) in [5, 5.41) is 3.12. The van der Waals surface area contributed by atoms with Crippen molar-refractivity contribution in [1.82, 2.24) is 4.98 Å². The van der Waals surface area contributed by atoms with E-state index in [1.807, 2.05) is 12.1 Å². The van der Waals surface area contributed by atoms with E-state index in [0.29, 0.717) is 5.96 Å². The highest BCUT2D eigenvalue weighted by molar-refractivity contribution is 6.01. The molecular formula is C14H23ClN6. The van der Waals surface area contributed by atoms with Gasteiger partial charge in [-0.05, 0) is 31.9 Å². The number of guanidine groups is 2. The van der Waals surface area contributed by atoms with Crippen molar-refractivity contribution < 1.29 is 0 Å². The summed E-state index contributed by atoms with van der Waals surface area (Å²) in [5.41, 5.74) is 11.7. The quantitative estimate of drug-likeness (QED) is 0.576. The Kier molecular flexibility index (Phi) is 6.42. The van der Waals surface area contributed by atoms with Gasteiger partial charge in [-0.2, -0.15) is 4.99 Å². The molecule has 0 radical (unpaired) electrons. The lowest BCUT2D eigenvalue weighted by atomic mass is 9.84. The second-order valence-corrected chi connectivity index (χ2v) is 5.40. The summed E-state index contributed by atoms with van der Waals surface area (Å²) < 4.78 is 0. The van der Waals surface area contributed by atoms with Crippen LogP contribution in [0.3, 0.4) is 0 Å². The summed E-state index contributed by atoms with van der Waals surface area (Å²) in [6.45, 7) is 2.15. The molecular weight excluding hydrogens is 288 g/mol. The topological polar surface area (TPSA) is 102 Å². The molecule has 0 atom stereocenters. The Bertz CT molecular complexity index is 489. The molecule has 0 aromatic carbocycles. The molecule has 21 heavy (non-hydrogen) atoms. The number of nitrogens with two attached hydrogens (primary N) is 2. The molecule has 0 amide bonds. The predicted molar refractivity (Wildman–Crippen MR) is 89.8 cm³/mol. The van der Waals surface area contributed by atoms with Crippen molar-refractivity contribution in [3.05, 3.63) is 24.5 Å². The Morgan fingerprint density at radius 3 is 2.57 bits per heavy atom. The first-order chi connectivity index (χ1) is 9.57. The number of hydrogen-bond donors (Lipinski definition) is 3. The van der Waals surface area contributed by atoms with Gasteiger partial charge in [-0.1, -0.05) is 19.3 Å². The van der Waals surface area contributed by atoms with Crippen molar-refractivity contribution in [2.75, 3.05) is 5.32 Å². The minimum absolute atomic E-state index is 0. The van der Waals surface area contributed by atoms with Gasteiger partial charge >= 0.3 is 0 Å². The monoisotopic (exact) mass is 310 g/mol. The average Bonchev–Trinajstić information content (AvgIpc) is 2.39. The van der Waals surface area contributed by atoms with Gasteiger partial charge in [0.05, 0.1) is 17.4 Å². The number of nitrogens with one attached hydrogen (secondary N) is 1. The SMILES string of the molecule is CC1(N=C(N=C(N)N)Nc2cccnc2)CCCCC1.Cl. The number of pyridine rings is 1. The van der Waals surface area contributed by atoms with E-state index in [2.05, 4.69) is 22.2 Å². The molecule has 0 unspecified atom stereocenters. The van der Waals surface area contributed by atoms with Crippen LogP contribution in [-0.4, -0.2) is 22.4 Å². The predicted octanol–water partition coefficient (Wildman–Crippen LogP) is 2.27. The third-order valence-corrected chi connectivity index (χ3v) is 3.46. The number of aromatic nitrogens is 1. The van der Waals surface area contributed by atoms with Gasteiger partial charge in [0.2, 0.25) is 5.96 Å². The van der Waals surface area contributed by atoms with Crippen LogP contribution in [0.4, 0.5) is 5.69 Å². The fourth-order valence-corrected chi connectivity index (χ4v) is 2.45. The third-order valence-electron chi connectivity index (χ3n) is 3.46. The number of rotatable bonds is 2. The van der Waals surface area contributed by atoms with Gasteiger partial charge in [-0.25, -0.2) is 4.99 Å². The number of nitrogens with zero attached hydrogens (tertiary/aromatic N) is 3. The molecule has 1 aliphatic rings. The van der Waals surface area contributed by atoms with Crippen LogP contribution in [0.2, 0.25) is 0 Å². The highest BCUT2D eigenvalue weighted by Crippen LogP contribution is 2.31. The maximum absolute atomic E-state index is 5.49. The maximum atomic E-state index is 5.49. The second kappa shape index (κ2) is 7.83. The van der Waals surface area contributed by atoms with E-state index in [4.69, 9.17) is 16.5 Å². The van der Waals surface area contributed by atoms with Crippen molar-refractivity contribution in [2.24, 2.45) is 21.5 Å². The summed E-state index contributed by atoms with van der Waals surface area (Å²) in [6.07, 6.45) is 9.21. The molecule has 7 heteroatoms. The fraction of sp³-hybridized carbons (Fsp3) is 0.500. The number of anilines is 1. The van der Waals surface area contributed by atoms with E-state index in [1.54, 1.807) is 12.4 Å². The molecule has 6 nitrogen and oxygen atoms in total. The second-order valence-electron chi connectivity index (χ2n) is 5.40. The van der Waals surface area contributed by atoms with E-state index in [-0.39, 0.29) is 23.9 Å². The first-order valence-electron chi connectivity index (χ1n) is 6.94. The summed E-state index contributed by atoms with van der Waals surface area (Å²) >= 11 is 0. The van der Waals surface area contributed by atoms with Gasteiger partial charge in [0.1, 0.15) is 0 Å². The molecule has 2 rings (SSSR count). The molecule has 1 aromatic heterocycles. The van der Waals surface area contributed by atoms with E-state index in [1.165, 1.54) is 19.3 Å². The smallest absolute Gasteiger partial charge is 0.226 e. The first kappa shape index (κ1) is 17.2. The van der Waals surface area contributed by atoms with Crippen molar-refractivity contribution in [3.63, 3.8) is 0 Å². The standard InChI is InChI=1S/C14H22N6.ClH/c1-14(7-3-2-4-8-14)20-13(19-12(15)16)18-11-6-5-9-17-10-11;/h5-6,9-10H,2-4,7-8H2,1H3,(H5,15,16,18,19,20);1H. The molecule has 1 heterocycles. The minimum Gasteiger partial charge on any atom is -0.370 e. The van der Waals surface area contributed by atoms with Crippen LogP contribution in [0.15, 0.2) is 34.5 Å². The molecule has 1 fully saturated rings. The van der Waals surface area contributed by atoms with E-state index in [0.717, 1.165) is 18.5 Å². The van der Waals surface area contributed by atoms with Crippen LogP contribution in [0, 0.1) is 0 Å². The Balaban J connectivity index is 0.00000220. The number of hydrogen-bond acceptors (Lipinski definition) is 2. The molecule has 1 aliphatic carbocycles. The van der Waals surface area contributed by atoms with E-state index >= 15 is 0 Å². The zero-order valence-electron chi connectivity index (χ0n) is 12.2. The molecule has 1 saturated carbocycles. The highest BCUT2D eigenvalue weighted by atomic mass is 35.5. The Labute approximate surface area is 131 Å². The van der Waals surface area contributed by atoms with Crippen LogP contribution in [0.25, 0.3) is 0 Å². The fourth-order valence-electron chi connectivity index (χ4n) is 2.45. The molecule has 5 N–H and O–H groups in total. The first-order valence-corrected chi connectivity index (χ1v) is 6.94. The van der Waals surface area contributed by atoms with Crippen molar-refractivity contribution in [3.8, 4) is 0 Å². The van der Waals surface area contributed by atoms with Crippen molar-refractivity contribution in [1.29, 1.82) is 0 Å². The maximum Gasteiger partial charge on any atom is 0.226 e. The number of halogens is 1. The van der Waals surface area contributed by atoms with Gasteiger partial charge in [-0.3, -0.25) is 4.98 Å². The molecule has 1 aromatic rings. The van der Waals surface area contributed by atoms with Gasteiger partial charge < -0.3 is 16.8 Å². The van der Waals surface area contributed by atoms with Crippen LogP contribution in [0.5, 0.6) is 0 Å². The minimum atomic E-state index is -0.0955. The lowest BCUT2D eigenvalue weighted by Gasteiger charge is -2.29. The van der Waals surface area contributed by atoms with Crippen LogP contribution in [-0.2, 0) is 0 Å². The zero-order valence-corrected chi connectivity index (χ0v) is 13.1. The number of aliphatic imine (C=N–C) groups is 2. The molecule has 0 spiro atoms. The third kappa shape index (κ3) is 5.59. The lowest BCUT2D eigenvalue weighted by Crippen LogP contribution is -2.31. The Morgan fingerprint density at radius 1 is 1.29 bits per heavy atom. The largest absolute Gasteiger partial charge is 0.370 e. The van der Waals surface area contributed by atoms with Gasteiger partial charge in [0, 0.05) is 6.20 Å². The van der Waals surface area contributed by atoms with Gasteiger partial charge in [0.25, 0.3) is 0 Å². The Hall–Kier alpha value is -1.82. The van der Waals surface area contributed by atoms with Gasteiger partial charge in [0.15, 0.2) is 5.96 Å². The molecule has 0 bridgehead atoms. The average molecular weight is 311 g/mol. The summed E-state index contributed by atoms with van der Waals surface area (Å²) in [7, 11) is 0. The van der Waals surface area contributed by atoms with Gasteiger partial charge in [-0.15, -0.1) is 12.4 Å². The normalized spacial score (nSPS) is 17.5. The van der Waals surface area contributed by atoms with Crippen LogP contribution >= 0.6 is 12.4 Å². The summed E-state index contributed by atoms with van der Waals surface area (Å²) in [6, 6.07) is 3.74. The highest BCUT2D eigenvalue weighted by Gasteiger charge is 2.26. The molecule has 116 valence electrons. The van der Waals surface area contributed by atoms with Crippen molar-refractivity contribution >= 4 is 30.0 Å². The molecule has 0 saturated heterocycles. The van der Waals surface area contributed by atoms with E-state index < -0.39 is 0 Å². The van der Waals surface area contributed by atoms with Crippen molar-refractivity contribution in [2.45, 2.75) is 44.6 Å². The zero-order chi connectivity index (χ0) is 14.4. The summed E-state index contributed by atoms with van der Waals surface area (Å²) in [5.74, 6) is 0.446. The van der Waals surface area contributed by atoms with Crippen LogP contribution < -0.4 is 16.8 Å². The summed E-state index contributed by atoms with van der Waals surface area (Å²) in [4.78, 5) is 12.9.